The maximum atomic E-state index is 12.3. The van der Waals surface area contributed by atoms with Crippen LogP contribution in [0.3, 0.4) is 0 Å². The molecule has 0 atom stereocenters. The average Bonchev–Trinajstić information content (AvgIpc) is 2.93. The van der Waals surface area contributed by atoms with Crippen molar-refractivity contribution in [1.29, 1.82) is 0 Å². The third-order valence-electron chi connectivity index (χ3n) is 3.43. The third-order valence-corrected chi connectivity index (χ3v) is 3.43. The number of hydrogen-bond donors (Lipinski definition) is 2. The van der Waals surface area contributed by atoms with Crippen molar-refractivity contribution < 1.29 is 0 Å². The van der Waals surface area contributed by atoms with Crippen LogP contribution in [0.15, 0.2) is 41.6 Å². The topological polar surface area (TPSA) is 87.3 Å². The van der Waals surface area contributed by atoms with Gasteiger partial charge in [-0.15, -0.1) is 0 Å². The summed E-state index contributed by atoms with van der Waals surface area (Å²) in [6.45, 7) is 1.79. The van der Waals surface area contributed by atoms with Crippen LogP contribution < -0.4 is 5.56 Å². The Morgan fingerprint density at radius 1 is 1.05 bits per heavy atom. The fraction of sp³-hybridized carbons (Fsp3) is 0.0667. The smallest absolute Gasteiger partial charge is 0.257 e. The van der Waals surface area contributed by atoms with Gasteiger partial charge >= 0.3 is 0 Å². The molecule has 0 radical (unpaired) electrons. The van der Waals surface area contributed by atoms with Crippen molar-refractivity contribution in [3.05, 3.63) is 53.0 Å². The summed E-state index contributed by atoms with van der Waals surface area (Å²) in [4.78, 5) is 30.8. The number of pyridine rings is 2. The summed E-state index contributed by atoms with van der Waals surface area (Å²) in [7, 11) is 0. The Morgan fingerprint density at radius 2 is 1.95 bits per heavy atom. The van der Waals surface area contributed by atoms with Crippen LogP contribution in [0.1, 0.15) is 5.82 Å². The van der Waals surface area contributed by atoms with Crippen molar-refractivity contribution >= 4 is 22.1 Å². The Balaban J connectivity index is 1.98. The van der Waals surface area contributed by atoms with Crippen molar-refractivity contribution in [1.82, 2.24) is 24.9 Å². The van der Waals surface area contributed by atoms with E-state index in [1.54, 1.807) is 25.4 Å². The lowest BCUT2D eigenvalue weighted by Crippen LogP contribution is -2.10. The number of nitrogens with zero attached hydrogens (tertiary/aromatic N) is 3. The Kier molecular flexibility index (Phi) is 2.38. The number of rotatable bonds is 1. The van der Waals surface area contributed by atoms with Gasteiger partial charge in [0.2, 0.25) is 0 Å². The van der Waals surface area contributed by atoms with Gasteiger partial charge in [-0.2, -0.15) is 0 Å². The molecule has 0 bridgehead atoms. The summed E-state index contributed by atoms with van der Waals surface area (Å²) in [5, 5.41) is 1.76. The van der Waals surface area contributed by atoms with Gasteiger partial charge in [-0.05, 0) is 25.1 Å². The summed E-state index contributed by atoms with van der Waals surface area (Å²) in [5.74, 6) is 0.626. The lowest BCUT2D eigenvalue weighted by atomic mass is 10.1. The number of hydrogen-bond acceptors (Lipinski definition) is 4. The van der Waals surface area contributed by atoms with Gasteiger partial charge in [-0.1, -0.05) is 0 Å². The highest BCUT2D eigenvalue weighted by molar-refractivity contribution is 5.84. The molecule has 0 saturated carbocycles. The Morgan fingerprint density at radius 3 is 2.86 bits per heavy atom. The van der Waals surface area contributed by atoms with Crippen molar-refractivity contribution in [3.63, 3.8) is 0 Å². The second-order valence-corrected chi connectivity index (χ2v) is 4.87. The van der Waals surface area contributed by atoms with Gasteiger partial charge in [-0.25, -0.2) is 15.0 Å². The SMILES string of the molecule is Cc1ncc2cc(-c3cnc4[nH]ccc4c3)c(=O)[nH]c2n1. The number of aromatic nitrogens is 5. The summed E-state index contributed by atoms with van der Waals surface area (Å²) in [6, 6.07) is 5.65. The van der Waals surface area contributed by atoms with E-state index in [0.29, 0.717) is 17.0 Å². The fourth-order valence-corrected chi connectivity index (χ4v) is 2.38. The van der Waals surface area contributed by atoms with Crippen LogP contribution in [0, 0.1) is 6.92 Å². The van der Waals surface area contributed by atoms with E-state index in [2.05, 4.69) is 24.9 Å². The molecule has 0 aliphatic heterocycles. The molecule has 0 saturated heterocycles. The number of aryl methyl sites for hydroxylation is 1. The first kappa shape index (κ1) is 11.8. The molecule has 0 aliphatic rings. The molecule has 6 nitrogen and oxygen atoms in total. The standard InChI is InChI=1S/C15H11N5O/c1-8-17-7-11-5-12(15(21)20-14(11)19-8)10-4-9-2-3-16-13(9)18-6-10/h2-7H,1H3,(H,16,18)(H,17,19,20,21). The Hall–Kier alpha value is -3.02. The summed E-state index contributed by atoms with van der Waals surface area (Å²) in [6.07, 6.45) is 5.21. The summed E-state index contributed by atoms with van der Waals surface area (Å²) >= 11 is 0. The van der Waals surface area contributed by atoms with E-state index in [0.717, 1.165) is 22.0 Å². The number of H-pyrrole nitrogens is 2. The third kappa shape index (κ3) is 1.88. The largest absolute Gasteiger partial charge is 0.346 e. The molecular formula is C15H11N5O. The minimum atomic E-state index is -0.183. The van der Waals surface area contributed by atoms with Gasteiger partial charge in [0.1, 0.15) is 17.1 Å². The molecule has 0 aliphatic carbocycles. The second kappa shape index (κ2) is 4.24. The normalized spacial score (nSPS) is 11.3. The summed E-state index contributed by atoms with van der Waals surface area (Å²) < 4.78 is 0. The van der Waals surface area contributed by atoms with Crippen molar-refractivity contribution in [3.8, 4) is 11.1 Å². The number of fused-ring (bicyclic) bond motifs is 2. The monoisotopic (exact) mass is 277 g/mol. The molecule has 0 spiro atoms. The minimum absolute atomic E-state index is 0.183. The van der Waals surface area contributed by atoms with Crippen LogP contribution in [-0.2, 0) is 0 Å². The molecule has 4 aromatic heterocycles. The quantitative estimate of drug-likeness (QED) is 0.558. The van der Waals surface area contributed by atoms with Gasteiger partial charge in [0.25, 0.3) is 5.56 Å². The predicted molar refractivity (Wildman–Crippen MR) is 80.0 cm³/mol. The Bertz CT molecular complexity index is 1030. The highest BCUT2D eigenvalue weighted by Gasteiger charge is 2.08. The van der Waals surface area contributed by atoms with E-state index in [1.807, 2.05) is 18.3 Å². The molecular weight excluding hydrogens is 266 g/mol. The van der Waals surface area contributed by atoms with E-state index >= 15 is 0 Å². The van der Waals surface area contributed by atoms with Gasteiger partial charge < -0.3 is 9.97 Å². The molecule has 4 heterocycles. The van der Waals surface area contributed by atoms with Crippen molar-refractivity contribution in [2.24, 2.45) is 0 Å². The van der Waals surface area contributed by atoms with E-state index in [9.17, 15) is 4.79 Å². The van der Waals surface area contributed by atoms with E-state index in [1.165, 1.54) is 0 Å². The molecule has 4 rings (SSSR count). The van der Waals surface area contributed by atoms with Crippen LogP contribution in [0.4, 0.5) is 0 Å². The maximum absolute atomic E-state index is 12.3. The zero-order valence-corrected chi connectivity index (χ0v) is 11.2. The first-order chi connectivity index (χ1) is 10.2. The maximum Gasteiger partial charge on any atom is 0.257 e. The van der Waals surface area contributed by atoms with Gasteiger partial charge in [0.05, 0.1) is 0 Å². The Labute approximate surface area is 118 Å². The van der Waals surface area contributed by atoms with Gasteiger partial charge in [0, 0.05) is 40.5 Å². The molecule has 2 N–H and O–H groups in total. The first-order valence-corrected chi connectivity index (χ1v) is 6.51. The fourth-order valence-electron chi connectivity index (χ4n) is 2.38. The molecule has 0 unspecified atom stereocenters. The van der Waals surface area contributed by atoms with Crippen molar-refractivity contribution in [2.75, 3.05) is 0 Å². The number of aromatic amines is 2. The zero-order chi connectivity index (χ0) is 14.4. The van der Waals surface area contributed by atoms with E-state index in [-0.39, 0.29) is 5.56 Å². The molecule has 0 aromatic carbocycles. The molecule has 0 fully saturated rings. The van der Waals surface area contributed by atoms with Crippen LogP contribution in [-0.4, -0.2) is 24.9 Å². The first-order valence-electron chi connectivity index (χ1n) is 6.51. The summed E-state index contributed by atoms with van der Waals surface area (Å²) in [5.41, 5.74) is 2.50. The zero-order valence-electron chi connectivity index (χ0n) is 11.2. The second-order valence-electron chi connectivity index (χ2n) is 4.87. The van der Waals surface area contributed by atoms with Crippen LogP contribution in [0.2, 0.25) is 0 Å². The predicted octanol–water partition coefficient (Wildman–Crippen LogP) is 2.17. The van der Waals surface area contributed by atoms with E-state index in [4.69, 9.17) is 0 Å². The van der Waals surface area contributed by atoms with Crippen LogP contribution >= 0.6 is 0 Å². The van der Waals surface area contributed by atoms with Crippen molar-refractivity contribution in [2.45, 2.75) is 6.92 Å². The molecule has 102 valence electrons. The molecule has 4 aromatic rings. The minimum Gasteiger partial charge on any atom is -0.346 e. The van der Waals surface area contributed by atoms with Crippen LogP contribution in [0.25, 0.3) is 33.2 Å². The average molecular weight is 277 g/mol. The molecule has 0 amide bonds. The molecule has 21 heavy (non-hydrogen) atoms. The van der Waals surface area contributed by atoms with E-state index < -0.39 is 0 Å². The molecule has 6 heteroatoms. The lowest BCUT2D eigenvalue weighted by molar-refractivity contribution is 1.06. The van der Waals surface area contributed by atoms with Crippen LogP contribution in [0.5, 0.6) is 0 Å². The lowest BCUT2D eigenvalue weighted by Gasteiger charge is -2.03. The number of nitrogens with one attached hydrogen (secondary N) is 2. The highest BCUT2D eigenvalue weighted by Crippen LogP contribution is 2.21. The highest BCUT2D eigenvalue weighted by atomic mass is 16.1. The van der Waals surface area contributed by atoms with Gasteiger partial charge in [-0.3, -0.25) is 4.79 Å². The van der Waals surface area contributed by atoms with Gasteiger partial charge in [0.15, 0.2) is 0 Å².